The predicted octanol–water partition coefficient (Wildman–Crippen LogP) is 2.66. The van der Waals surface area contributed by atoms with Crippen LogP contribution in [-0.4, -0.2) is 4.98 Å². The molecule has 2 N–H and O–H groups in total. The highest BCUT2D eigenvalue weighted by Gasteiger charge is 2.10. The van der Waals surface area contributed by atoms with Gasteiger partial charge in [0.1, 0.15) is 0 Å². The average Bonchev–Trinajstić information content (AvgIpc) is 2.97. The van der Waals surface area contributed by atoms with E-state index in [0.717, 1.165) is 25.4 Å². The number of rotatable bonds is 3. The molecule has 3 rings (SSSR count). The minimum atomic E-state index is 0.745. The third-order valence-electron chi connectivity index (χ3n) is 2.88. The highest BCUT2D eigenvalue weighted by atomic mass is 16.5. The Kier molecular flexibility index (Phi) is 2.38. The summed E-state index contributed by atoms with van der Waals surface area (Å²) in [5.74, 6) is 0. The van der Waals surface area contributed by atoms with Crippen LogP contribution in [0.3, 0.4) is 0 Å². The molecule has 0 bridgehead atoms. The first kappa shape index (κ1) is 9.48. The lowest BCUT2D eigenvalue weighted by Gasteiger charge is -2.06. The lowest BCUT2D eigenvalue weighted by Crippen LogP contribution is -1.98. The van der Waals surface area contributed by atoms with Crippen LogP contribution in [0.2, 0.25) is 0 Å². The Morgan fingerprint density at radius 1 is 1.19 bits per heavy atom. The van der Waals surface area contributed by atoms with Crippen molar-refractivity contribution in [2.45, 2.75) is 19.8 Å². The number of anilines is 1. The molecule has 16 heavy (non-hydrogen) atoms. The summed E-state index contributed by atoms with van der Waals surface area (Å²) in [4.78, 5) is 3.05. The van der Waals surface area contributed by atoms with Gasteiger partial charge in [0.15, 0.2) is 0 Å². The van der Waals surface area contributed by atoms with Gasteiger partial charge in [-0.25, -0.2) is 0 Å². The first-order valence-corrected chi connectivity index (χ1v) is 5.47. The topological polar surface area (TPSA) is 37.0 Å². The van der Waals surface area contributed by atoms with Crippen molar-refractivity contribution in [3.63, 3.8) is 0 Å². The van der Waals surface area contributed by atoms with Crippen LogP contribution in [0.15, 0.2) is 36.7 Å². The molecule has 0 spiro atoms. The average molecular weight is 214 g/mol. The summed E-state index contributed by atoms with van der Waals surface area (Å²) in [5, 5.41) is 3.40. The van der Waals surface area contributed by atoms with Gasteiger partial charge in [0.25, 0.3) is 0 Å². The number of H-pyrrole nitrogens is 1. The molecule has 0 unspecified atom stereocenters. The molecule has 3 heteroatoms. The van der Waals surface area contributed by atoms with Crippen molar-refractivity contribution in [2.75, 3.05) is 5.32 Å². The third kappa shape index (κ3) is 1.82. The van der Waals surface area contributed by atoms with Crippen molar-refractivity contribution in [1.82, 2.24) is 4.98 Å². The van der Waals surface area contributed by atoms with Crippen molar-refractivity contribution in [3.05, 3.63) is 53.3 Å². The van der Waals surface area contributed by atoms with Crippen LogP contribution >= 0.6 is 0 Å². The molecule has 1 aliphatic rings. The van der Waals surface area contributed by atoms with Gasteiger partial charge in [0.2, 0.25) is 0 Å². The Balaban J connectivity index is 1.71. The maximum Gasteiger partial charge on any atom is 0.0725 e. The summed E-state index contributed by atoms with van der Waals surface area (Å²) in [7, 11) is 0. The summed E-state index contributed by atoms with van der Waals surface area (Å²) < 4.78 is 5.39. The molecule has 1 aromatic carbocycles. The molecule has 1 aromatic heterocycles. The summed E-state index contributed by atoms with van der Waals surface area (Å²) >= 11 is 0. The monoisotopic (exact) mass is 214 g/mol. The lowest BCUT2D eigenvalue weighted by molar-refractivity contribution is 0.134. The zero-order valence-electron chi connectivity index (χ0n) is 8.99. The molecule has 0 aliphatic carbocycles. The quantitative estimate of drug-likeness (QED) is 0.824. The normalized spacial score (nSPS) is 13.8. The minimum Gasteiger partial charge on any atom is -0.381 e. The van der Waals surface area contributed by atoms with E-state index in [9.17, 15) is 0 Å². The van der Waals surface area contributed by atoms with Crippen molar-refractivity contribution >= 4 is 5.69 Å². The number of aromatic amines is 1. The Labute approximate surface area is 94.5 Å². The van der Waals surface area contributed by atoms with E-state index in [1.54, 1.807) is 0 Å². The highest BCUT2D eigenvalue weighted by Crippen LogP contribution is 2.23. The number of hydrogen-bond acceptors (Lipinski definition) is 2. The van der Waals surface area contributed by atoms with E-state index >= 15 is 0 Å². The summed E-state index contributed by atoms with van der Waals surface area (Å²) in [5.41, 5.74) is 5.04. The number of aromatic nitrogens is 1. The zero-order valence-corrected chi connectivity index (χ0v) is 8.99. The van der Waals surface area contributed by atoms with E-state index in [1.807, 2.05) is 12.4 Å². The lowest BCUT2D eigenvalue weighted by atomic mass is 10.1. The second-order valence-electron chi connectivity index (χ2n) is 4.05. The Hall–Kier alpha value is -1.74. The molecular weight excluding hydrogens is 200 g/mol. The van der Waals surface area contributed by atoms with Gasteiger partial charge in [0.05, 0.1) is 13.2 Å². The predicted molar refractivity (Wildman–Crippen MR) is 63.1 cm³/mol. The summed E-state index contributed by atoms with van der Waals surface area (Å²) in [6.45, 7) is 2.35. The molecule has 2 heterocycles. The number of fused-ring (bicyclic) bond motifs is 1. The van der Waals surface area contributed by atoms with Gasteiger partial charge in [-0.1, -0.05) is 6.07 Å². The molecule has 3 nitrogen and oxygen atoms in total. The van der Waals surface area contributed by atoms with Crippen LogP contribution in [-0.2, 0) is 24.5 Å². The van der Waals surface area contributed by atoms with Crippen molar-refractivity contribution in [1.29, 1.82) is 0 Å². The van der Waals surface area contributed by atoms with Crippen LogP contribution in [0.25, 0.3) is 0 Å². The second kappa shape index (κ2) is 4.02. The number of ether oxygens (including phenoxy) is 1. The van der Waals surface area contributed by atoms with E-state index < -0.39 is 0 Å². The molecule has 0 saturated heterocycles. The SMILES string of the molecule is c1cc(CNc2ccc3c(c2)COC3)c[nH]1. The first-order chi connectivity index (χ1) is 7.92. The molecule has 0 atom stereocenters. The van der Waals surface area contributed by atoms with Gasteiger partial charge >= 0.3 is 0 Å². The van der Waals surface area contributed by atoms with Crippen molar-refractivity contribution < 1.29 is 4.74 Å². The summed E-state index contributed by atoms with van der Waals surface area (Å²) in [6.07, 6.45) is 3.94. The van der Waals surface area contributed by atoms with Crippen molar-refractivity contribution in [3.8, 4) is 0 Å². The van der Waals surface area contributed by atoms with E-state index in [4.69, 9.17) is 4.74 Å². The fraction of sp³-hybridized carbons (Fsp3) is 0.231. The first-order valence-electron chi connectivity index (χ1n) is 5.47. The molecule has 0 radical (unpaired) electrons. The molecule has 1 aliphatic heterocycles. The molecular formula is C13H14N2O. The Morgan fingerprint density at radius 2 is 2.12 bits per heavy atom. The molecule has 0 amide bonds. The van der Waals surface area contributed by atoms with Gasteiger partial charge in [-0.3, -0.25) is 0 Å². The van der Waals surface area contributed by atoms with E-state index in [0.29, 0.717) is 0 Å². The standard InChI is InChI=1S/C13H14N2O/c1-2-13(5-12-9-16-8-11(1)12)15-7-10-3-4-14-6-10/h1-6,14-15H,7-9H2. The molecule has 2 aromatic rings. The molecule has 82 valence electrons. The largest absolute Gasteiger partial charge is 0.381 e. The van der Waals surface area contributed by atoms with Gasteiger partial charge in [0, 0.05) is 24.6 Å². The molecule has 0 saturated carbocycles. The number of nitrogens with one attached hydrogen (secondary N) is 2. The fourth-order valence-corrected chi connectivity index (χ4v) is 1.95. The zero-order chi connectivity index (χ0) is 10.8. The molecule has 0 fully saturated rings. The Morgan fingerprint density at radius 3 is 3.00 bits per heavy atom. The van der Waals surface area contributed by atoms with Gasteiger partial charge in [-0.2, -0.15) is 0 Å². The maximum absolute atomic E-state index is 5.39. The summed E-state index contributed by atoms with van der Waals surface area (Å²) in [6, 6.07) is 8.50. The number of hydrogen-bond donors (Lipinski definition) is 2. The fourth-order valence-electron chi connectivity index (χ4n) is 1.95. The van der Waals surface area contributed by atoms with Crippen molar-refractivity contribution in [2.24, 2.45) is 0 Å². The van der Waals surface area contributed by atoms with Crippen LogP contribution in [0.1, 0.15) is 16.7 Å². The van der Waals surface area contributed by atoms with E-state index in [1.165, 1.54) is 16.7 Å². The highest BCUT2D eigenvalue weighted by molar-refractivity contribution is 5.49. The van der Waals surface area contributed by atoms with E-state index in [-0.39, 0.29) is 0 Å². The second-order valence-corrected chi connectivity index (χ2v) is 4.05. The van der Waals surface area contributed by atoms with E-state index in [2.05, 4.69) is 34.6 Å². The van der Waals surface area contributed by atoms with Crippen LogP contribution < -0.4 is 5.32 Å². The van der Waals surface area contributed by atoms with Gasteiger partial charge in [-0.05, 0) is 34.9 Å². The van der Waals surface area contributed by atoms with Gasteiger partial charge < -0.3 is 15.0 Å². The minimum absolute atomic E-state index is 0.745. The van der Waals surface area contributed by atoms with Crippen LogP contribution in [0.5, 0.6) is 0 Å². The van der Waals surface area contributed by atoms with Crippen LogP contribution in [0, 0.1) is 0 Å². The number of benzene rings is 1. The smallest absolute Gasteiger partial charge is 0.0725 e. The maximum atomic E-state index is 5.39. The van der Waals surface area contributed by atoms with Crippen LogP contribution in [0.4, 0.5) is 5.69 Å². The van der Waals surface area contributed by atoms with Gasteiger partial charge in [-0.15, -0.1) is 0 Å². The third-order valence-corrected chi connectivity index (χ3v) is 2.88. The Bertz CT molecular complexity index is 477.